The summed E-state index contributed by atoms with van der Waals surface area (Å²) in [6.07, 6.45) is 18.8. The molecule has 0 saturated carbocycles. The molecule has 2 aromatic carbocycles. The van der Waals surface area contributed by atoms with Crippen LogP contribution < -0.4 is 21.5 Å². The normalized spacial score (nSPS) is 26.1. The van der Waals surface area contributed by atoms with Gasteiger partial charge in [0.25, 0.3) is 11.8 Å². The predicted octanol–water partition coefficient (Wildman–Crippen LogP) is 9.66. The number of likely N-dealkylation sites (tertiary alicyclic amines) is 1. The van der Waals surface area contributed by atoms with Crippen molar-refractivity contribution < 1.29 is 47.8 Å². The van der Waals surface area contributed by atoms with Gasteiger partial charge >= 0.3 is 0 Å². The summed E-state index contributed by atoms with van der Waals surface area (Å²) in [7, 11) is 3.22. The molecule has 6 amide bonds. The van der Waals surface area contributed by atoms with Gasteiger partial charge in [-0.2, -0.15) is 0 Å². The molecule has 484 valence electrons. The van der Waals surface area contributed by atoms with Crippen LogP contribution in [0.25, 0.3) is 12.2 Å². The maximum atomic E-state index is 13.9. The molecule has 5 heterocycles. The molecule has 18 heteroatoms. The average Bonchev–Trinajstić information content (AvgIpc) is 3.20. The maximum Gasteiger partial charge on any atom is 0.258 e. The lowest BCUT2D eigenvalue weighted by Gasteiger charge is -2.41. The van der Waals surface area contributed by atoms with Crippen LogP contribution >= 0.6 is 0 Å². The number of ether oxygens (including phenoxy) is 2. The van der Waals surface area contributed by atoms with Crippen LogP contribution in [0.1, 0.15) is 192 Å². The van der Waals surface area contributed by atoms with Crippen molar-refractivity contribution in [1.29, 1.82) is 0 Å². The van der Waals surface area contributed by atoms with Gasteiger partial charge in [0.05, 0.1) is 24.3 Å². The second-order valence-electron chi connectivity index (χ2n) is 25.7. The zero-order valence-electron chi connectivity index (χ0n) is 54.4. The van der Waals surface area contributed by atoms with E-state index in [0.717, 1.165) is 73.6 Å². The Morgan fingerprint density at radius 3 is 2.15 bits per heavy atom. The maximum absolute atomic E-state index is 13.9. The number of piperidine rings is 2. The molecule has 0 spiro atoms. The topological polar surface area (TPSA) is 216 Å². The quantitative estimate of drug-likeness (QED) is 0.109. The minimum absolute atomic E-state index is 0.00662. The number of amides is 6. The minimum Gasteiger partial charge on any atom is -0.381 e. The number of ketones is 2. The second kappa shape index (κ2) is 34.6. The fraction of sp³-hybridized carbons (Fsp3) is 0.629. The number of rotatable bonds is 17. The van der Waals surface area contributed by atoms with Gasteiger partial charge in [0.15, 0.2) is 0 Å². The van der Waals surface area contributed by atoms with Crippen molar-refractivity contribution in [2.24, 2.45) is 35.5 Å². The van der Waals surface area contributed by atoms with E-state index in [1.165, 1.54) is 10.0 Å². The summed E-state index contributed by atoms with van der Waals surface area (Å²) < 4.78 is 11.3. The number of fused-ring (bicyclic) bond motifs is 6. The zero-order valence-corrected chi connectivity index (χ0v) is 54.4. The molecular formula is C70H104N8O10. The number of carbonyl (C=O) groups is 8. The largest absolute Gasteiger partial charge is 0.381 e. The third-order valence-electron chi connectivity index (χ3n) is 18.8. The van der Waals surface area contributed by atoms with Crippen LogP contribution in [-0.2, 0) is 47.8 Å². The Kier molecular flexibility index (Phi) is 27.8. The monoisotopic (exact) mass is 1220 g/mol. The smallest absolute Gasteiger partial charge is 0.258 e. The number of Topliss-reactive ketones (excluding diaryl/α,β-unsaturated/α-hetero) is 2. The third-order valence-corrected chi connectivity index (χ3v) is 18.8. The molecule has 4 fully saturated rings. The summed E-state index contributed by atoms with van der Waals surface area (Å²) in [6, 6.07) is 13.9. The lowest BCUT2D eigenvalue weighted by molar-refractivity contribution is -0.148. The van der Waals surface area contributed by atoms with E-state index in [1.54, 1.807) is 34.1 Å². The fourth-order valence-electron chi connectivity index (χ4n) is 13.1. The van der Waals surface area contributed by atoms with Gasteiger partial charge in [-0.15, -0.1) is 6.58 Å². The van der Waals surface area contributed by atoms with Crippen molar-refractivity contribution in [3.05, 3.63) is 96.1 Å². The first-order chi connectivity index (χ1) is 42.1. The van der Waals surface area contributed by atoms with Crippen LogP contribution in [0.15, 0.2) is 73.8 Å². The van der Waals surface area contributed by atoms with Crippen LogP contribution in [0, 0.1) is 35.5 Å². The number of carbonyl (C=O) groups excluding carboxylic acids is 8. The van der Waals surface area contributed by atoms with Crippen molar-refractivity contribution in [2.45, 2.75) is 207 Å². The Labute approximate surface area is 524 Å². The van der Waals surface area contributed by atoms with Gasteiger partial charge in [-0.3, -0.25) is 48.4 Å². The van der Waals surface area contributed by atoms with E-state index in [9.17, 15) is 38.4 Å². The molecule has 0 aromatic heterocycles. The highest BCUT2D eigenvalue weighted by atomic mass is 16.5. The fourth-order valence-corrected chi connectivity index (χ4v) is 13.1. The number of hydrogen-bond acceptors (Lipinski definition) is 12. The highest BCUT2D eigenvalue weighted by molar-refractivity contribution is 5.93. The number of methoxy groups -OCH3 is 2. The van der Waals surface area contributed by atoms with Crippen molar-refractivity contribution >= 4 is 59.2 Å². The Morgan fingerprint density at radius 2 is 1.47 bits per heavy atom. The summed E-state index contributed by atoms with van der Waals surface area (Å²) in [6.45, 7) is 24.6. The van der Waals surface area contributed by atoms with Crippen LogP contribution in [0.3, 0.4) is 0 Å². The highest BCUT2D eigenvalue weighted by Gasteiger charge is 2.40. The van der Waals surface area contributed by atoms with Gasteiger partial charge in [0, 0.05) is 76.9 Å². The zero-order chi connectivity index (χ0) is 64.2. The number of nitrogens with zero attached hydrogens (tertiary/aromatic N) is 4. The predicted molar refractivity (Wildman–Crippen MR) is 344 cm³/mol. The first-order valence-electron chi connectivity index (χ1n) is 32.7. The Balaban J connectivity index is 0.000000281. The van der Waals surface area contributed by atoms with Gasteiger partial charge in [0.2, 0.25) is 23.6 Å². The van der Waals surface area contributed by atoms with Gasteiger partial charge in [-0.1, -0.05) is 109 Å². The van der Waals surface area contributed by atoms with E-state index in [4.69, 9.17) is 9.47 Å². The first kappa shape index (κ1) is 70.7. The summed E-state index contributed by atoms with van der Waals surface area (Å²) in [5.41, 5.74) is 10.7. The van der Waals surface area contributed by atoms with Crippen molar-refractivity contribution in [1.82, 2.24) is 41.3 Å². The summed E-state index contributed by atoms with van der Waals surface area (Å²) in [4.78, 5) is 112. The molecule has 4 N–H and O–H groups in total. The number of hydrogen-bond donors (Lipinski definition) is 4. The summed E-state index contributed by atoms with van der Waals surface area (Å²) in [5.74, 6) is -3.32. The lowest BCUT2D eigenvalue weighted by Crippen LogP contribution is -2.61. The molecule has 2 unspecified atom stereocenters. The van der Waals surface area contributed by atoms with E-state index in [0.29, 0.717) is 64.7 Å². The molecule has 12 atom stereocenters. The first-order valence-corrected chi connectivity index (χ1v) is 32.7. The van der Waals surface area contributed by atoms with Crippen LogP contribution in [-0.4, -0.2) is 144 Å². The van der Waals surface area contributed by atoms with Crippen LogP contribution in [0.4, 0.5) is 0 Å². The summed E-state index contributed by atoms with van der Waals surface area (Å²) in [5, 5.41) is 8.70. The third kappa shape index (κ3) is 19.1. The molecule has 2 aromatic rings. The van der Waals surface area contributed by atoms with E-state index in [2.05, 4.69) is 77.1 Å². The molecule has 88 heavy (non-hydrogen) atoms. The molecule has 0 radical (unpaired) electrons. The lowest BCUT2D eigenvalue weighted by atomic mass is 9.84. The Morgan fingerprint density at radius 1 is 0.773 bits per heavy atom. The van der Waals surface area contributed by atoms with Crippen molar-refractivity contribution in [3.8, 4) is 0 Å². The molecule has 5 aliphatic heterocycles. The van der Waals surface area contributed by atoms with Crippen LogP contribution in [0.2, 0.25) is 0 Å². The average molecular weight is 1220 g/mol. The van der Waals surface area contributed by atoms with E-state index < -0.39 is 36.0 Å². The molecule has 4 saturated heterocycles. The van der Waals surface area contributed by atoms with Gasteiger partial charge < -0.3 is 29.9 Å². The van der Waals surface area contributed by atoms with Gasteiger partial charge in [0.1, 0.15) is 35.7 Å². The van der Waals surface area contributed by atoms with Gasteiger partial charge in [-0.05, 0) is 150 Å². The SMILES string of the molecule is C=CCC[C@@H](OC)[C@@H](C)C(=O)C[C@H](C(=O)N[C@@H](C)C(=O)N1CCC[C@@H](C(=O)N2CCCCC2c2cccc(C=C)c2)N1)C(C)C.CO[C@@H]1CC/C=C/c2cccc(c2)C2CCCCN2C(=O)[C@@H]2CCCN(N2)C(=O)[C@H](C)NC(=O)[C@H](C(C)C)CC(=O)[C@@H]1C. The van der Waals surface area contributed by atoms with Gasteiger partial charge in [-0.25, -0.2) is 10.9 Å². The molecule has 0 aliphatic carbocycles. The molecular weight excluding hydrogens is 1110 g/mol. The van der Waals surface area contributed by atoms with E-state index in [1.807, 2.05) is 75.6 Å². The number of allylic oxidation sites excluding steroid dienone is 2. The molecule has 18 nitrogen and oxygen atoms in total. The van der Waals surface area contributed by atoms with Crippen molar-refractivity contribution in [2.75, 3.05) is 40.4 Å². The highest BCUT2D eigenvalue weighted by Crippen LogP contribution is 2.35. The van der Waals surface area contributed by atoms with Crippen molar-refractivity contribution in [3.63, 3.8) is 0 Å². The molecule has 5 aliphatic rings. The minimum atomic E-state index is -0.823. The number of hydrazine groups is 2. The van der Waals surface area contributed by atoms with E-state index >= 15 is 0 Å². The number of benzene rings is 2. The standard InChI is InChI=1S/C36H54N4O5.C34H50N4O5/c1-8-10-19-33(45-7)25(5)32(41)23-29(24(3)4)34(42)37-26(6)35(43)40-21-14-17-30(38-40)36(44)39-20-12-11-18-31(39)28-16-13-15-27(9-2)22-28;1-22(2)27-21-30(39)23(3)31(43-5)17-7-6-12-25-13-10-14-26(20-25)29-16-8-9-18-37(29)34(42)28-15-11-19-38(36-28)33(41)24(4)35-32(27)40/h8-9,13,15-16,22,24-26,29-31,33,38H,1-2,10-12,14,17-21,23H2,3-7H3,(H,37,42);6,10,12-14,20,22-24,27-29,31,36H,7-9,11,15-19,21H2,1-5H3,(H,35,40)/b;12-6+/t25-,26-,29-,30-,31?,33+;23-,24-,27-,28-,29?,31+/m00/s1. The Hall–Kier alpha value is -6.34. The molecule has 7 rings (SSSR count). The van der Waals surface area contributed by atoms with Crippen LogP contribution in [0.5, 0.6) is 0 Å². The Bertz CT molecular complexity index is 2750. The summed E-state index contributed by atoms with van der Waals surface area (Å²) >= 11 is 0. The second-order valence-corrected chi connectivity index (χ2v) is 25.7. The number of nitrogens with one attached hydrogen (secondary N) is 4. The van der Waals surface area contributed by atoms with E-state index in [-0.39, 0.29) is 108 Å². The molecule has 4 bridgehead atoms.